The van der Waals surface area contributed by atoms with Gasteiger partial charge in [0.2, 0.25) is 5.91 Å². The van der Waals surface area contributed by atoms with E-state index in [-0.39, 0.29) is 24.0 Å². The van der Waals surface area contributed by atoms with E-state index >= 15 is 0 Å². The number of ether oxygens (including phenoxy) is 1. The summed E-state index contributed by atoms with van der Waals surface area (Å²) in [7, 11) is 1.56. The monoisotopic (exact) mass is 418 g/mol. The first-order valence-corrected chi connectivity index (χ1v) is 10.00. The first-order valence-electron chi connectivity index (χ1n) is 10.00. The molecule has 0 radical (unpaired) electrons. The van der Waals surface area contributed by atoms with Crippen LogP contribution >= 0.6 is 0 Å². The lowest BCUT2D eigenvalue weighted by atomic mass is 9.98. The van der Waals surface area contributed by atoms with Crippen LogP contribution in [0.5, 0.6) is 5.75 Å². The van der Waals surface area contributed by atoms with E-state index in [9.17, 15) is 14.0 Å². The maximum absolute atomic E-state index is 14.5. The summed E-state index contributed by atoms with van der Waals surface area (Å²) in [5.41, 5.74) is 3.34. The number of nitrogens with zero attached hydrogens (tertiary/aromatic N) is 2. The minimum Gasteiger partial charge on any atom is -0.497 e. The molecule has 2 amide bonds. The zero-order valence-corrected chi connectivity index (χ0v) is 17.6. The quantitative estimate of drug-likeness (QED) is 0.624. The molecule has 1 fully saturated rings. The lowest BCUT2D eigenvalue weighted by Gasteiger charge is -2.41. The number of anilines is 2. The van der Waals surface area contributed by atoms with E-state index in [4.69, 9.17) is 4.74 Å². The topological polar surface area (TPSA) is 49.9 Å². The summed E-state index contributed by atoms with van der Waals surface area (Å²) >= 11 is 0. The standard InChI is InChI=1S/C25H23FN2O3/c1-16-8-13-21(17(2)14-16)28-23(29)15-27(22-7-5-4-6-20(22)26)25(30)24(28)18-9-11-19(31-3)12-10-18/h4-14,24H,15H2,1-3H3/t24-/m0/s1. The van der Waals surface area contributed by atoms with Gasteiger partial charge in [0.15, 0.2) is 0 Å². The first kappa shape index (κ1) is 20.6. The van der Waals surface area contributed by atoms with Crippen molar-refractivity contribution in [3.8, 4) is 5.75 Å². The number of halogens is 1. The molecule has 0 bridgehead atoms. The number of hydrogen-bond acceptors (Lipinski definition) is 3. The predicted octanol–water partition coefficient (Wildman–Crippen LogP) is 4.57. The Kier molecular flexibility index (Phi) is 5.46. The van der Waals surface area contributed by atoms with Crippen molar-refractivity contribution >= 4 is 23.2 Å². The number of methoxy groups -OCH3 is 1. The summed E-state index contributed by atoms with van der Waals surface area (Å²) in [5, 5.41) is 0. The summed E-state index contributed by atoms with van der Waals surface area (Å²) < 4.78 is 19.7. The molecule has 5 nitrogen and oxygen atoms in total. The largest absolute Gasteiger partial charge is 0.497 e. The molecular formula is C25H23FN2O3. The molecule has 1 saturated heterocycles. The molecule has 1 aliphatic heterocycles. The molecule has 0 aliphatic carbocycles. The zero-order chi connectivity index (χ0) is 22.1. The molecule has 0 spiro atoms. The Morgan fingerprint density at radius 2 is 1.65 bits per heavy atom. The van der Waals surface area contributed by atoms with Gasteiger partial charge in [-0.25, -0.2) is 4.39 Å². The van der Waals surface area contributed by atoms with Crippen molar-refractivity contribution in [1.29, 1.82) is 0 Å². The van der Waals surface area contributed by atoms with Gasteiger partial charge in [-0.15, -0.1) is 0 Å². The van der Waals surface area contributed by atoms with Crippen LogP contribution in [0.4, 0.5) is 15.8 Å². The minimum absolute atomic E-state index is 0.0969. The van der Waals surface area contributed by atoms with Gasteiger partial charge < -0.3 is 4.74 Å². The number of benzene rings is 3. The van der Waals surface area contributed by atoms with Crippen LogP contribution in [0.15, 0.2) is 66.7 Å². The summed E-state index contributed by atoms with van der Waals surface area (Å²) in [5.74, 6) is -0.551. The van der Waals surface area contributed by atoms with Crippen LogP contribution in [0.3, 0.4) is 0 Å². The van der Waals surface area contributed by atoms with E-state index < -0.39 is 11.9 Å². The van der Waals surface area contributed by atoms with Crippen LogP contribution in [0, 0.1) is 19.7 Å². The van der Waals surface area contributed by atoms with Crippen LogP contribution < -0.4 is 14.5 Å². The number of piperazine rings is 1. The van der Waals surface area contributed by atoms with Crippen LogP contribution in [-0.2, 0) is 9.59 Å². The summed E-state index contributed by atoms with van der Waals surface area (Å²) in [6.07, 6.45) is 0. The number of amides is 2. The average Bonchev–Trinajstić information content (AvgIpc) is 2.76. The predicted molar refractivity (Wildman–Crippen MR) is 118 cm³/mol. The third kappa shape index (κ3) is 3.77. The van der Waals surface area contributed by atoms with Gasteiger partial charge >= 0.3 is 0 Å². The molecule has 31 heavy (non-hydrogen) atoms. The molecule has 6 heteroatoms. The highest BCUT2D eigenvalue weighted by molar-refractivity contribution is 6.14. The second-order valence-electron chi connectivity index (χ2n) is 7.61. The SMILES string of the molecule is COc1ccc([C@H]2C(=O)N(c3ccccc3F)CC(=O)N2c2ccc(C)cc2C)cc1. The molecule has 0 unspecified atom stereocenters. The smallest absolute Gasteiger partial charge is 0.255 e. The van der Waals surface area contributed by atoms with Gasteiger partial charge in [0, 0.05) is 5.69 Å². The van der Waals surface area contributed by atoms with Gasteiger partial charge in [0.25, 0.3) is 5.91 Å². The Morgan fingerprint density at radius 1 is 0.935 bits per heavy atom. The minimum atomic E-state index is -0.923. The van der Waals surface area contributed by atoms with E-state index in [1.54, 1.807) is 43.5 Å². The Morgan fingerprint density at radius 3 is 2.29 bits per heavy atom. The molecule has 4 rings (SSSR count). The third-order valence-electron chi connectivity index (χ3n) is 5.51. The van der Waals surface area contributed by atoms with Crippen molar-refractivity contribution < 1.29 is 18.7 Å². The molecule has 0 N–H and O–H groups in total. The molecule has 3 aromatic rings. The molecule has 0 aromatic heterocycles. The fourth-order valence-corrected chi connectivity index (χ4v) is 3.99. The van der Waals surface area contributed by atoms with Crippen molar-refractivity contribution in [3.63, 3.8) is 0 Å². The van der Waals surface area contributed by atoms with Gasteiger partial charge in [0.05, 0.1) is 12.8 Å². The number of hydrogen-bond donors (Lipinski definition) is 0. The fourth-order valence-electron chi connectivity index (χ4n) is 3.99. The van der Waals surface area contributed by atoms with Gasteiger partial charge in [-0.1, -0.05) is 42.0 Å². The summed E-state index contributed by atoms with van der Waals surface area (Å²) in [6.45, 7) is 3.65. The Bertz CT molecular complexity index is 1140. The van der Waals surface area contributed by atoms with Crippen molar-refractivity contribution in [2.75, 3.05) is 23.5 Å². The van der Waals surface area contributed by atoms with E-state index in [1.165, 1.54) is 21.9 Å². The van der Waals surface area contributed by atoms with E-state index in [0.29, 0.717) is 17.0 Å². The van der Waals surface area contributed by atoms with Crippen molar-refractivity contribution in [1.82, 2.24) is 0 Å². The number of carbonyl (C=O) groups excluding carboxylic acids is 2. The highest BCUT2D eigenvalue weighted by Crippen LogP contribution is 2.37. The highest BCUT2D eigenvalue weighted by Gasteiger charge is 2.42. The number of aryl methyl sites for hydroxylation is 2. The summed E-state index contributed by atoms with van der Waals surface area (Å²) in [4.78, 5) is 29.8. The fraction of sp³-hybridized carbons (Fsp3) is 0.200. The van der Waals surface area contributed by atoms with E-state index in [1.807, 2.05) is 32.0 Å². The Balaban J connectivity index is 1.85. The van der Waals surface area contributed by atoms with Gasteiger partial charge in [-0.05, 0) is 55.3 Å². The second kappa shape index (κ2) is 8.22. The first-order chi connectivity index (χ1) is 14.9. The van der Waals surface area contributed by atoms with Gasteiger partial charge in [0.1, 0.15) is 24.2 Å². The van der Waals surface area contributed by atoms with Gasteiger partial charge in [-0.3, -0.25) is 19.4 Å². The average molecular weight is 418 g/mol. The molecule has 3 aromatic carbocycles. The van der Waals surface area contributed by atoms with Gasteiger partial charge in [-0.2, -0.15) is 0 Å². The van der Waals surface area contributed by atoms with Crippen molar-refractivity contribution in [2.45, 2.75) is 19.9 Å². The third-order valence-corrected chi connectivity index (χ3v) is 5.51. The highest BCUT2D eigenvalue weighted by atomic mass is 19.1. The maximum atomic E-state index is 14.5. The lowest BCUT2D eigenvalue weighted by Crippen LogP contribution is -2.56. The zero-order valence-electron chi connectivity index (χ0n) is 17.6. The van der Waals surface area contributed by atoms with Crippen molar-refractivity contribution in [3.05, 3.63) is 89.2 Å². The number of rotatable bonds is 4. The van der Waals surface area contributed by atoms with E-state index in [2.05, 4.69) is 0 Å². The summed E-state index contributed by atoms with van der Waals surface area (Å²) in [6, 6.07) is 17.8. The Labute approximate surface area is 180 Å². The molecule has 1 atom stereocenters. The molecule has 0 saturated carbocycles. The van der Waals surface area contributed by atoms with Crippen LogP contribution in [-0.4, -0.2) is 25.5 Å². The lowest BCUT2D eigenvalue weighted by molar-refractivity contribution is -0.128. The van der Waals surface area contributed by atoms with Crippen LogP contribution in [0.2, 0.25) is 0 Å². The second-order valence-corrected chi connectivity index (χ2v) is 7.61. The van der Waals surface area contributed by atoms with Crippen LogP contribution in [0.25, 0.3) is 0 Å². The maximum Gasteiger partial charge on any atom is 0.255 e. The Hall–Kier alpha value is -3.67. The van der Waals surface area contributed by atoms with E-state index in [0.717, 1.165) is 11.1 Å². The van der Waals surface area contributed by atoms with Crippen molar-refractivity contribution in [2.24, 2.45) is 0 Å². The number of para-hydroxylation sites is 1. The molecule has 1 aliphatic rings. The van der Waals surface area contributed by atoms with Crippen LogP contribution in [0.1, 0.15) is 22.7 Å². The molecular weight excluding hydrogens is 395 g/mol. The number of carbonyl (C=O) groups is 2. The molecule has 158 valence electrons. The normalized spacial score (nSPS) is 16.6. The molecule has 1 heterocycles.